The van der Waals surface area contributed by atoms with E-state index in [1.807, 2.05) is 26.0 Å². The van der Waals surface area contributed by atoms with Crippen LogP contribution in [0.25, 0.3) is 0 Å². The first-order valence-corrected chi connectivity index (χ1v) is 8.91. The molecule has 0 aliphatic rings. The molecule has 0 heterocycles. The van der Waals surface area contributed by atoms with E-state index in [1.165, 1.54) is 17.0 Å². The standard InChI is InChI=1S/C21H21N3O5/c1-14-10-15(2)12-17(11-14)23(9-5-8-22)19(25)13-29-21(26)20-16(3)6-4-7-18(20)24(27)28/h4,6-7,10-12H,5,9,13H2,1-3H3. The topological polar surface area (TPSA) is 114 Å². The monoisotopic (exact) mass is 395 g/mol. The van der Waals surface area contributed by atoms with Crippen molar-refractivity contribution in [2.45, 2.75) is 27.2 Å². The summed E-state index contributed by atoms with van der Waals surface area (Å²) in [6, 6.07) is 11.8. The van der Waals surface area contributed by atoms with Gasteiger partial charge in [0.15, 0.2) is 6.61 Å². The zero-order valence-electron chi connectivity index (χ0n) is 16.5. The Hall–Kier alpha value is -3.73. The van der Waals surface area contributed by atoms with Crippen molar-refractivity contribution < 1.29 is 19.2 Å². The van der Waals surface area contributed by atoms with Crippen LogP contribution in [0.4, 0.5) is 11.4 Å². The van der Waals surface area contributed by atoms with Crippen molar-refractivity contribution in [1.82, 2.24) is 0 Å². The van der Waals surface area contributed by atoms with Gasteiger partial charge in [0, 0.05) is 18.3 Å². The van der Waals surface area contributed by atoms with E-state index in [0.29, 0.717) is 11.3 Å². The molecule has 0 atom stereocenters. The van der Waals surface area contributed by atoms with Gasteiger partial charge in [-0.2, -0.15) is 5.26 Å². The van der Waals surface area contributed by atoms with Gasteiger partial charge in [0.2, 0.25) is 0 Å². The van der Waals surface area contributed by atoms with Gasteiger partial charge >= 0.3 is 5.97 Å². The number of nitro groups is 1. The third-order valence-corrected chi connectivity index (χ3v) is 4.24. The third-order valence-electron chi connectivity index (χ3n) is 4.24. The van der Waals surface area contributed by atoms with E-state index in [9.17, 15) is 19.7 Å². The summed E-state index contributed by atoms with van der Waals surface area (Å²) in [5, 5.41) is 20.1. The van der Waals surface area contributed by atoms with Crippen LogP contribution in [-0.2, 0) is 9.53 Å². The molecule has 0 saturated heterocycles. The molecule has 2 rings (SSSR count). The van der Waals surface area contributed by atoms with Crippen LogP contribution in [-0.4, -0.2) is 30.0 Å². The molecule has 2 aromatic carbocycles. The molecule has 0 saturated carbocycles. The van der Waals surface area contributed by atoms with Gasteiger partial charge in [-0.3, -0.25) is 14.9 Å². The molecule has 150 valence electrons. The van der Waals surface area contributed by atoms with Gasteiger partial charge in [0.05, 0.1) is 17.4 Å². The fourth-order valence-electron chi connectivity index (χ4n) is 3.01. The number of carbonyl (C=O) groups excluding carboxylic acids is 2. The van der Waals surface area contributed by atoms with Crippen LogP contribution in [0.1, 0.15) is 33.5 Å². The number of benzene rings is 2. The zero-order valence-corrected chi connectivity index (χ0v) is 16.5. The van der Waals surface area contributed by atoms with E-state index in [-0.39, 0.29) is 24.2 Å². The van der Waals surface area contributed by atoms with Gasteiger partial charge in [-0.05, 0) is 49.6 Å². The second-order valence-corrected chi connectivity index (χ2v) is 6.60. The average Bonchev–Trinajstić information content (AvgIpc) is 2.65. The van der Waals surface area contributed by atoms with Crippen molar-refractivity contribution in [3.8, 4) is 6.07 Å². The number of hydrogen-bond donors (Lipinski definition) is 0. The second-order valence-electron chi connectivity index (χ2n) is 6.60. The molecule has 0 bridgehead atoms. The summed E-state index contributed by atoms with van der Waals surface area (Å²) < 4.78 is 5.09. The predicted octanol–water partition coefficient (Wildman–Crippen LogP) is 3.62. The Morgan fingerprint density at radius 3 is 2.41 bits per heavy atom. The van der Waals surface area contributed by atoms with Crippen molar-refractivity contribution in [1.29, 1.82) is 5.26 Å². The first-order chi connectivity index (χ1) is 13.7. The number of aryl methyl sites for hydroxylation is 3. The minimum atomic E-state index is -0.941. The number of amides is 1. The molecule has 8 nitrogen and oxygen atoms in total. The second kappa shape index (κ2) is 9.46. The summed E-state index contributed by atoms with van der Waals surface area (Å²) in [6.07, 6.45) is 0.107. The molecular formula is C21H21N3O5. The van der Waals surface area contributed by atoms with E-state index >= 15 is 0 Å². The van der Waals surface area contributed by atoms with Gasteiger partial charge in [-0.1, -0.05) is 18.2 Å². The van der Waals surface area contributed by atoms with Crippen LogP contribution in [0.15, 0.2) is 36.4 Å². The maximum absolute atomic E-state index is 12.7. The summed E-state index contributed by atoms with van der Waals surface area (Å²) >= 11 is 0. The van der Waals surface area contributed by atoms with Crippen LogP contribution in [0.2, 0.25) is 0 Å². The Bertz CT molecular complexity index is 974. The SMILES string of the molecule is Cc1cc(C)cc(N(CCC#N)C(=O)COC(=O)c2c(C)cccc2[N+](=O)[O-])c1. The largest absolute Gasteiger partial charge is 0.452 e. The van der Waals surface area contributed by atoms with Crippen molar-refractivity contribution in [2.75, 3.05) is 18.1 Å². The van der Waals surface area contributed by atoms with Gasteiger partial charge in [-0.25, -0.2) is 4.79 Å². The summed E-state index contributed by atoms with van der Waals surface area (Å²) in [7, 11) is 0. The summed E-state index contributed by atoms with van der Waals surface area (Å²) in [5.74, 6) is -1.46. The molecule has 0 radical (unpaired) electrons. The normalized spacial score (nSPS) is 10.1. The number of nitrogens with zero attached hydrogens (tertiary/aromatic N) is 3. The first-order valence-electron chi connectivity index (χ1n) is 8.91. The number of anilines is 1. The molecule has 0 aromatic heterocycles. The molecule has 8 heteroatoms. The first kappa shape index (κ1) is 21.6. The van der Waals surface area contributed by atoms with Crippen LogP contribution < -0.4 is 4.90 Å². The van der Waals surface area contributed by atoms with Gasteiger partial charge < -0.3 is 9.64 Å². The fourth-order valence-corrected chi connectivity index (χ4v) is 3.01. The maximum atomic E-state index is 12.7. The number of ether oxygens (including phenoxy) is 1. The Morgan fingerprint density at radius 1 is 1.17 bits per heavy atom. The lowest BCUT2D eigenvalue weighted by molar-refractivity contribution is -0.385. The molecule has 0 aliphatic carbocycles. The van der Waals surface area contributed by atoms with Crippen LogP contribution in [0.3, 0.4) is 0 Å². The molecule has 1 amide bonds. The number of hydrogen-bond acceptors (Lipinski definition) is 6. The molecule has 0 spiro atoms. The van der Waals surface area contributed by atoms with Gasteiger partial charge in [-0.15, -0.1) is 0 Å². The van der Waals surface area contributed by atoms with Crippen LogP contribution >= 0.6 is 0 Å². The Morgan fingerprint density at radius 2 is 1.83 bits per heavy atom. The average molecular weight is 395 g/mol. The Kier molecular flexibility index (Phi) is 7.04. The maximum Gasteiger partial charge on any atom is 0.345 e. The molecule has 0 fully saturated rings. The summed E-state index contributed by atoms with van der Waals surface area (Å²) in [6.45, 7) is 4.88. The van der Waals surface area contributed by atoms with E-state index in [2.05, 4.69) is 0 Å². The molecule has 0 N–H and O–H groups in total. The predicted molar refractivity (Wildman–Crippen MR) is 107 cm³/mol. The van der Waals surface area contributed by atoms with Crippen molar-refractivity contribution in [3.05, 3.63) is 68.8 Å². The highest BCUT2D eigenvalue weighted by atomic mass is 16.6. The van der Waals surface area contributed by atoms with Crippen LogP contribution in [0.5, 0.6) is 0 Å². The highest BCUT2D eigenvalue weighted by Crippen LogP contribution is 2.23. The number of rotatable bonds is 7. The quantitative estimate of drug-likeness (QED) is 0.402. The Labute approximate surface area is 168 Å². The lowest BCUT2D eigenvalue weighted by atomic mass is 10.1. The highest BCUT2D eigenvalue weighted by molar-refractivity contribution is 5.99. The fraction of sp³-hybridized carbons (Fsp3) is 0.286. The third kappa shape index (κ3) is 5.39. The molecule has 0 aliphatic heterocycles. The number of nitriles is 1. The summed E-state index contributed by atoms with van der Waals surface area (Å²) in [5.41, 5.74) is 2.32. The van der Waals surface area contributed by atoms with Gasteiger partial charge in [0.25, 0.3) is 11.6 Å². The van der Waals surface area contributed by atoms with Crippen molar-refractivity contribution >= 4 is 23.3 Å². The van der Waals surface area contributed by atoms with E-state index in [1.54, 1.807) is 25.1 Å². The minimum absolute atomic E-state index is 0.107. The number of carbonyl (C=O) groups is 2. The zero-order chi connectivity index (χ0) is 21.6. The Balaban J connectivity index is 2.21. The smallest absolute Gasteiger partial charge is 0.345 e. The lowest BCUT2D eigenvalue weighted by Gasteiger charge is -2.22. The van der Waals surface area contributed by atoms with E-state index < -0.39 is 23.4 Å². The number of esters is 1. The molecular weight excluding hydrogens is 374 g/mol. The minimum Gasteiger partial charge on any atom is -0.452 e. The highest BCUT2D eigenvalue weighted by Gasteiger charge is 2.25. The van der Waals surface area contributed by atoms with E-state index in [0.717, 1.165) is 11.1 Å². The van der Waals surface area contributed by atoms with Crippen molar-refractivity contribution in [3.63, 3.8) is 0 Å². The molecule has 29 heavy (non-hydrogen) atoms. The number of nitro benzene ring substituents is 1. The van der Waals surface area contributed by atoms with Gasteiger partial charge in [0.1, 0.15) is 5.56 Å². The summed E-state index contributed by atoms with van der Waals surface area (Å²) in [4.78, 5) is 37.0. The van der Waals surface area contributed by atoms with E-state index in [4.69, 9.17) is 10.00 Å². The molecule has 2 aromatic rings. The lowest BCUT2D eigenvalue weighted by Crippen LogP contribution is -2.35. The molecule has 0 unspecified atom stereocenters. The van der Waals surface area contributed by atoms with Crippen LogP contribution in [0, 0.1) is 42.2 Å². The van der Waals surface area contributed by atoms with Crippen molar-refractivity contribution in [2.24, 2.45) is 0 Å².